The molecule has 2 aromatic rings. The van der Waals surface area contributed by atoms with Crippen molar-refractivity contribution in [3.05, 3.63) is 23.4 Å². The van der Waals surface area contributed by atoms with Gasteiger partial charge in [-0.2, -0.15) is 0 Å². The number of nitrogens with one attached hydrogen (secondary N) is 1. The highest BCUT2D eigenvalue weighted by Crippen LogP contribution is 2.23. The first-order valence-electron chi connectivity index (χ1n) is 5.78. The van der Waals surface area contributed by atoms with E-state index in [1.54, 1.807) is 7.11 Å². The molecular weight excluding hydrogens is 214 g/mol. The summed E-state index contributed by atoms with van der Waals surface area (Å²) in [4.78, 5) is 9.99. The van der Waals surface area contributed by atoms with E-state index >= 15 is 0 Å². The summed E-state index contributed by atoms with van der Waals surface area (Å²) in [5.74, 6) is 0.681. The Balaban J connectivity index is 2.40. The Kier molecular flexibility index (Phi) is 3.33. The van der Waals surface area contributed by atoms with E-state index in [2.05, 4.69) is 35.9 Å². The minimum absolute atomic E-state index is 0.681. The van der Waals surface area contributed by atoms with Gasteiger partial charge in [-0.05, 0) is 38.6 Å². The van der Waals surface area contributed by atoms with E-state index < -0.39 is 0 Å². The van der Waals surface area contributed by atoms with Crippen molar-refractivity contribution in [2.24, 2.45) is 0 Å². The molecule has 0 fully saturated rings. The quantitative estimate of drug-likeness (QED) is 0.878. The van der Waals surface area contributed by atoms with E-state index in [-0.39, 0.29) is 0 Å². The maximum atomic E-state index is 5.22. The molecule has 1 N–H and O–H groups in total. The third kappa shape index (κ3) is 2.42. The Morgan fingerprint density at radius 3 is 2.82 bits per heavy atom. The third-order valence-electron chi connectivity index (χ3n) is 2.93. The molecule has 0 spiro atoms. The highest BCUT2D eigenvalue weighted by molar-refractivity contribution is 5.82. The Morgan fingerprint density at radius 2 is 2.18 bits per heavy atom. The van der Waals surface area contributed by atoms with E-state index in [0.29, 0.717) is 5.88 Å². The predicted molar refractivity (Wildman–Crippen MR) is 69.6 cm³/mol. The Bertz CT molecular complexity index is 517. The molecule has 0 unspecified atom stereocenters. The second kappa shape index (κ2) is 4.75. The van der Waals surface area contributed by atoms with Gasteiger partial charge in [-0.1, -0.05) is 0 Å². The highest BCUT2D eigenvalue weighted by Gasteiger charge is 2.09. The summed E-state index contributed by atoms with van der Waals surface area (Å²) in [6, 6.07) is 1.95. The predicted octanol–water partition coefficient (Wildman–Crippen LogP) is 1.98. The minimum Gasteiger partial charge on any atom is -0.481 e. The Morgan fingerprint density at radius 1 is 1.41 bits per heavy atom. The first-order valence-corrected chi connectivity index (χ1v) is 5.78. The summed E-state index contributed by atoms with van der Waals surface area (Å²) < 4.78 is 5.22. The van der Waals surface area contributed by atoms with Crippen LogP contribution >= 0.6 is 0 Å². The van der Waals surface area contributed by atoms with Gasteiger partial charge in [0, 0.05) is 18.8 Å². The number of likely N-dealkylation sites (N-methyl/N-ethyl adjacent to an activating group) is 1. The summed E-state index contributed by atoms with van der Waals surface area (Å²) >= 11 is 0. The number of aryl methyl sites for hydroxylation is 1. The van der Waals surface area contributed by atoms with Crippen LogP contribution in [0.5, 0.6) is 5.88 Å². The smallest absolute Gasteiger partial charge is 0.213 e. The van der Waals surface area contributed by atoms with Crippen molar-refractivity contribution in [2.75, 3.05) is 27.7 Å². The van der Waals surface area contributed by atoms with Crippen molar-refractivity contribution < 1.29 is 4.74 Å². The molecule has 0 amide bonds. The van der Waals surface area contributed by atoms with Gasteiger partial charge >= 0.3 is 0 Å². The fourth-order valence-electron chi connectivity index (χ4n) is 1.92. The van der Waals surface area contributed by atoms with Crippen molar-refractivity contribution in [3.63, 3.8) is 0 Å². The van der Waals surface area contributed by atoms with Crippen LogP contribution in [0.4, 0.5) is 0 Å². The zero-order chi connectivity index (χ0) is 12.4. The van der Waals surface area contributed by atoms with Crippen LogP contribution < -0.4 is 4.74 Å². The molecule has 0 saturated carbocycles. The number of aromatic nitrogens is 2. The van der Waals surface area contributed by atoms with Crippen molar-refractivity contribution >= 4 is 11.0 Å². The monoisotopic (exact) mass is 233 g/mol. The van der Waals surface area contributed by atoms with Crippen LogP contribution in [0.25, 0.3) is 11.0 Å². The molecule has 2 heterocycles. The second-order valence-electron chi connectivity index (χ2n) is 4.57. The molecule has 0 atom stereocenters. The van der Waals surface area contributed by atoms with Gasteiger partial charge in [0.15, 0.2) is 0 Å². The maximum Gasteiger partial charge on any atom is 0.213 e. The molecule has 0 aromatic carbocycles. The summed E-state index contributed by atoms with van der Waals surface area (Å²) in [6.07, 6.45) is 3.04. The van der Waals surface area contributed by atoms with Crippen LogP contribution in [0.3, 0.4) is 0 Å². The van der Waals surface area contributed by atoms with Crippen molar-refractivity contribution in [3.8, 4) is 5.88 Å². The number of ether oxygens (including phenoxy) is 1. The zero-order valence-electron chi connectivity index (χ0n) is 10.9. The number of rotatable bonds is 4. The number of aromatic amines is 1. The van der Waals surface area contributed by atoms with Crippen LogP contribution in [0.15, 0.2) is 12.3 Å². The van der Waals surface area contributed by atoms with Crippen LogP contribution in [0, 0.1) is 6.92 Å². The van der Waals surface area contributed by atoms with Crippen LogP contribution in [0.2, 0.25) is 0 Å². The average Bonchev–Trinajstić information content (AvgIpc) is 2.69. The molecule has 0 saturated heterocycles. The molecule has 92 valence electrons. The van der Waals surface area contributed by atoms with E-state index in [0.717, 1.165) is 24.0 Å². The maximum absolute atomic E-state index is 5.22. The van der Waals surface area contributed by atoms with Crippen molar-refractivity contribution in [1.29, 1.82) is 0 Å². The number of hydrogen-bond acceptors (Lipinski definition) is 3. The van der Waals surface area contributed by atoms with Gasteiger partial charge in [0.25, 0.3) is 0 Å². The third-order valence-corrected chi connectivity index (χ3v) is 2.93. The average molecular weight is 233 g/mol. The van der Waals surface area contributed by atoms with Crippen LogP contribution in [0.1, 0.15) is 11.1 Å². The topological polar surface area (TPSA) is 41.1 Å². The molecule has 0 aliphatic heterocycles. The lowest BCUT2D eigenvalue weighted by Gasteiger charge is -2.08. The summed E-state index contributed by atoms with van der Waals surface area (Å²) in [6.45, 7) is 3.09. The van der Waals surface area contributed by atoms with Gasteiger partial charge in [-0.25, -0.2) is 4.98 Å². The van der Waals surface area contributed by atoms with Crippen LogP contribution in [-0.4, -0.2) is 42.6 Å². The number of hydrogen-bond donors (Lipinski definition) is 1. The first kappa shape index (κ1) is 11.9. The molecule has 0 bridgehead atoms. The number of pyridine rings is 1. The number of fused-ring (bicyclic) bond motifs is 1. The van der Waals surface area contributed by atoms with Gasteiger partial charge in [0.05, 0.1) is 18.1 Å². The van der Waals surface area contributed by atoms with Gasteiger partial charge in [0.1, 0.15) is 0 Å². The van der Waals surface area contributed by atoms with Crippen molar-refractivity contribution in [1.82, 2.24) is 14.9 Å². The molecule has 4 nitrogen and oxygen atoms in total. The molecule has 17 heavy (non-hydrogen) atoms. The van der Waals surface area contributed by atoms with Gasteiger partial charge in [-0.3, -0.25) is 0 Å². The van der Waals surface area contributed by atoms with E-state index in [1.807, 2.05) is 12.3 Å². The Labute approximate surface area is 102 Å². The molecule has 2 aromatic heterocycles. The largest absolute Gasteiger partial charge is 0.481 e. The summed E-state index contributed by atoms with van der Waals surface area (Å²) in [5, 5.41) is 0. The number of H-pyrrole nitrogens is 1. The molecule has 2 rings (SSSR count). The Hall–Kier alpha value is -1.55. The standard InChI is InChI=1S/C13H19N3O/c1-9-7-11(17-4)15-13-10(5-6-16(2)3)8-14-12(9)13/h7-8,14H,5-6H2,1-4H3. The zero-order valence-corrected chi connectivity index (χ0v) is 10.9. The molecular formula is C13H19N3O. The lowest BCUT2D eigenvalue weighted by atomic mass is 10.1. The summed E-state index contributed by atoms with van der Waals surface area (Å²) in [5.41, 5.74) is 4.56. The highest BCUT2D eigenvalue weighted by atomic mass is 16.5. The van der Waals surface area contributed by atoms with Gasteiger partial charge in [-0.15, -0.1) is 0 Å². The number of methoxy groups -OCH3 is 1. The molecule has 0 aliphatic rings. The lowest BCUT2D eigenvalue weighted by Crippen LogP contribution is -2.14. The molecule has 4 heteroatoms. The SMILES string of the molecule is COc1cc(C)c2[nH]cc(CCN(C)C)c2n1. The van der Waals surface area contributed by atoms with Crippen LogP contribution in [-0.2, 0) is 6.42 Å². The molecule has 0 radical (unpaired) electrons. The van der Waals surface area contributed by atoms with Gasteiger partial charge < -0.3 is 14.6 Å². The van der Waals surface area contributed by atoms with E-state index in [1.165, 1.54) is 11.1 Å². The number of nitrogens with zero attached hydrogens (tertiary/aromatic N) is 2. The fraction of sp³-hybridized carbons (Fsp3) is 0.462. The lowest BCUT2D eigenvalue weighted by molar-refractivity contribution is 0.399. The van der Waals surface area contributed by atoms with E-state index in [4.69, 9.17) is 4.74 Å². The summed E-state index contributed by atoms with van der Waals surface area (Å²) in [7, 11) is 5.81. The molecule has 0 aliphatic carbocycles. The van der Waals surface area contributed by atoms with Crippen molar-refractivity contribution in [2.45, 2.75) is 13.3 Å². The fourth-order valence-corrected chi connectivity index (χ4v) is 1.92. The second-order valence-corrected chi connectivity index (χ2v) is 4.57. The van der Waals surface area contributed by atoms with Gasteiger partial charge in [0.2, 0.25) is 5.88 Å². The first-order chi connectivity index (χ1) is 8.11. The van der Waals surface area contributed by atoms with E-state index in [9.17, 15) is 0 Å². The normalized spacial score (nSPS) is 11.4. The minimum atomic E-state index is 0.681.